The second-order valence-corrected chi connectivity index (χ2v) is 4.58. The normalized spacial score (nSPS) is 11.2. The quantitative estimate of drug-likeness (QED) is 0.781. The maximum absolute atomic E-state index is 13.7. The summed E-state index contributed by atoms with van der Waals surface area (Å²) in [6.45, 7) is 2.23. The monoisotopic (exact) mass is 274 g/mol. The Morgan fingerprint density at radius 1 is 1.30 bits per heavy atom. The summed E-state index contributed by atoms with van der Waals surface area (Å²) in [4.78, 5) is 8.21. The van der Waals surface area contributed by atoms with Gasteiger partial charge in [0.25, 0.3) is 0 Å². The van der Waals surface area contributed by atoms with E-state index in [-0.39, 0.29) is 11.5 Å². The van der Waals surface area contributed by atoms with Crippen LogP contribution in [0.3, 0.4) is 0 Å². The van der Waals surface area contributed by atoms with Gasteiger partial charge >= 0.3 is 0 Å². The van der Waals surface area contributed by atoms with E-state index in [4.69, 9.17) is 5.73 Å². The van der Waals surface area contributed by atoms with Crippen molar-refractivity contribution in [2.45, 2.75) is 13.5 Å². The van der Waals surface area contributed by atoms with Gasteiger partial charge in [-0.05, 0) is 18.6 Å². The smallest absolute Gasteiger partial charge is 0.201 e. The molecule has 3 aromatic rings. The molecule has 0 fully saturated rings. The van der Waals surface area contributed by atoms with Crippen molar-refractivity contribution in [1.82, 2.24) is 14.5 Å². The van der Waals surface area contributed by atoms with Crippen LogP contribution >= 0.6 is 0 Å². The van der Waals surface area contributed by atoms with Crippen molar-refractivity contribution in [2.24, 2.45) is 0 Å². The third-order valence-electron chi connectivity index (χ3n) is 3.23. The van der Waals surface area contributed by atoms with Gasteiger partial charge in [-0.2, -0.15) is 0 Å². The van der Waals surface area contributed by atoms with E-state index in [1.54, 1.807) is 10.8 Å². The van der Waals surface area contributed by atoms with Crippen molar-refractivity contribution >= 4 is 17.0 Å². The van der Waals surface area contributed by atoms with Gasteiger partial charge in [-0.1, -0.05) is 6.07 Å². The molecule has 0 aliphatic rings. The lowest BCUT2D eigenvalue weighted by Gasteiger charge is -2.08. The summed E-state index contributed by atoms with van der Waals surface area (Å²) in [6.07, 6.45) is 1.67. The summed E-state index contributed by atoms with van der Waals surface area (Å²) in [6, 6.07) is 5.76. The molecule has 2 aromatic heterocycles. The van der Waals surface area contributed by atoms with Crippen LogP contribution in [0.25, 0.3) is 11.0 Å². The maximum atomic E-state index is 13.7. The summed E-state index contributed by atoms with van der Waals surface area (Å²) in [5, 5.41) is 0. The van der Waals surface area contributed by atoms with Gasteiger partial charge in [-0.3, -0.25) is 4.98 Å². The number of nitrogens with two attached hydrogens (primary N) is 1. The Kier molecular flexibility index (Phi) is 2.85. The fourth-order valence-corrected chi connectivity index (χ4v) is 2.17. The molecule has 0 aliphatic heterocycles. The maximum Gasteiger partial charge on any atom is 0.201 e. The Balaban J connectivity index is 2.17. The lowest BCUT2D eigenvalue weighted by Crippen LogP contribution is -2.07. The summed E-state index contributed by atoms with van der Waals surface area (Å²) in [5.41, 5.74) is 7.95. The van der Waals surface area contributed by atoms with Crippen LogP contribution in [0.5, 0.6) is 0 Å². The van der Waals surface area contributed by atoms with Crippen LogP contribution in [0.1, 0.15) is 11.3 Å². The van der Waals surface area contributed by atoms with Crippen molar-refractivity contribution in [2.75, 3.05) is 5.73 Å². The number of anilines is 1. The fourth-order valence-electron chi connectivity index (χ4n) is 2.17. The average Bonchev–Trinajstić information content (AvgIpc) is 2.70. The topological polar surface area (TPSA) is 56.7 Å². The lowest BCUT2D eigenvalue weighted by atomic mass is 10.2. The first-order valence-corrected chi connectivity index (χ1v) is 6.07. The molecule has 4 nitrogen and oxygen atoms in total. The first-order valence-electron chi connectivity index (χ1n) is 6.07. The number of imidazole rings is 1. The molecular formula is C14H12F2N4. The van der Waals surface area contributed by atoms with E-state index >= 15 is 0 Å². The van der Waals surface area contributed by atoms with Crippen molar-refractivity contribution in [1.29, 1.82) is 0 Å². The molecule has 6 heteroatoms. The Labute approximate surface area is 113 Å². The van der Waals surface area contributed by atoms with E-state index in [0.717, 1.165) is 17.3 Å². The van der Waals surface area contributed by atoms with Gasteiger partial charge in [-0.15, -0.1) is 0 Å². The zero-order valence-corrected chi connectivity index (χ0v) is 10.8. The third-order valence-corrected chi connectivity index (χ3v) is 3.23. The Morgan fingerprint density at radius 2 is 2.10 bits per heavy atom. The van der Waals surface area contributed by atoms with E-state index in [9.17, 15) is 8.78 Å². The Bertz CT molecular complexity index is 795. The molecule has 20 heavy (non-hydrogen) atoms. The van der Waals surface area contributed by atoms with E-state index in [1.807, 2.05) is 19.1 Å². The number of aromatic nitrogens is 3. The average molecular weight is 274 g/mol. The largest absolute Gasteiger partial charge is 0.369 e. The first kappa shape index (κ1) is 12.5. The number of aryl methyl sites for hydroxylation is 1. The van der Waals surface area contributed by atoms with E-state index in [2.05, 4.69) is 9.97 Å². The molecular weight excluding hydrogens is 262 g/mol. The summed E-state index contributed by atoms with van der Waals surface area (Å²) in [7, 11) is 0. The van der Waals surface area contributed by atoms with Crippen LogP contribution in [0.15, 0.2) is 30.5 Å². The number of halogens is 2. The highest BCUT2D eigenvalue weighted by Crippen LogP contribution is 2.23. The van der Waals surface area contributed by atoms with E-state index < -0.39 is 11.6 Å². The van der Waals surface area contributed by atoms with Gasteiger partial charge in [0, 0.05) is 18.3 Å². The standard InChI is InChI=1S/C14H12F2N4/c1-8-3-2-4-18-11(8)7-20-12-6-9(15)5-10(16)13(12)19-14(20)17/h2-6H,7H2,1H3,(H2,17,19). The predicted octanol–water partition coefficient (Wildman–Crippen LogP) is 2.65. The third kappa shape index (κ3) is 1.99. The molecule has 2 heterocycles. The number of hydrogen-bond acceptors (Lipinski definition) is 3. The number of pyridine rings is 1. The van der Waals surface area contributed by atoms with Crippen LogP contribution in [0.2, 0.25) is 0 Å². The van der Waals surface area contributed by atoms with Crippen LogP contribution in [-0.2, 0) is 6.54 Å². The molecule has 102 valence electrons. The molecule has 1 aromatic carbocycles. The van der Waals surface area contributed by atoms with Gasteiger partial charge in [0.1, 0.15) is 11.3 Å². The minimum Gasteiger partial charge on any atom is -0.369 e. The molecule has 0 radical (unpaired) electrons. The minimum absolute atomic E-state index is 0.0671. The van der Waals surface area contributed by atoms with Crippen LogP contribution in [0.4, 0.5) is 14.7 Å². The molecule has 0 saturated carbocycles. The van der Waals surface area contributed by atoms with Gasteiger partial charge in [0.2, 0.25) is 5.95 Å². The number of fused-ring (bicyclic) bond motifs is 1. The van der Waals surface area contributed by atoms with Crippen LogP contribution in [0, 0.1) is 18.6 Å². The molecule has 3 rings (SSSR count). The van der Waals surface area contributed by atoms with Gasteiger partial charge in [0.05, 0.1) is 17.8 Å². The van der Waals surface area contributed by atoms with Crippen molar-refractivity contribution in [3.05, 3.63) is 53.4 Å². The van der Waals surface area contributed by atoms with Crippen molar-refractivity contribution in [3.63, 3.8) is 0 Å². The second-order valence-electron chi connectivity index (χ2n) is 4.58. The number of rotatable bonds is 2. The first-order chi connectivity index (χ1) is 9.56. The van der Waals surface area contributed by atoms with Crippen molar-refractivity contribution < 1.29 is 8.78 Å². The Morgan fingerprint density at radius 3 is 2.85 bits per heavy atom. The number of nitrogens with zero attached hydrogens (tertiary/aromatic N) is 3. The molecule has 2 N–H and O–H groups in total. The zero-order valence-electron chi connectivity index (χ0n) is 10.8. The highest BCUT2D eigenvalue weighted by atomic mass is 19.1. The van der Waals surface area contributed by atoms with Crippen LogP contribution < -0.4 is 5.73 Å². The summed E-state index contributed by atoms with van der Waals surface area (Å²) >= 11 is 0. The minimum atomic E-state index is -0.719. The van der Waals surface area contributed by atoms with Gasteiger partial charge in [-0.25, -0.2) is 13.8 Å². The Hall–Kier alpha value is -2.50. The molecule has 0 amide bonds. The zero-order chi connectivity index (χ0) is 14.3. The highest BCUT2D eigenvalue weighted by molar-refractivity contribution is 5.79. The van der Waals surface area contributed by atoms with E-state index in [1.165, 1.54) is 6.07 Å². The molecule has 0 saturated heterocycles. The predicted molar refractivity (Wildman–Crippen MR) is 72.1 cm³/mol. The molecule has 0 aliphatic carbocycles. The second kappa shape index (κ2) is 4.56. The molecule has 0 spiro atoms. The number of benzene rings is 1. The summed E-state index contributed by atoms with van der Waals surface area (Å²) < 4.78 is 28.6. The summed E-state index contributed by atoms with van der Waals surface area (Å²) in [5.74, 6) is -1.24. The fraction of sp³-hybridized carbons (Fsp3) is 0.143. The van der Waals surface area contributed by atoms with Crippen molar-refractivity contribution in [3.8, 4) is 0 Å². The van der Waals surface area contributed by atoms with Gasteiger partial charge < -0.3 is 10.3 Å². The van der Waals surface area contributed by atoms with Crippen LogP contribution in [-0.4, -0.2) is 14.5 Å². The van der Waals surface area contributed by atoms with Gasteiger partial charge in [0.15, 0.2) is 5.82 Å². The SMILES string of the molecule is Cc1cccnc1Cn1c(N)nc2c(F)cc(F)cc21. The number of nitrogen functional groups attached to an aromatic ring is 1. The lowest BCUT2D eigenvalue weighted by molar-refractivity contribution is 0.590. The molecule has 0 bridgehead atoms. The molecule has 0 atom stereocenters. The molecule has 0 unspecified atom stereocenters. The number of hydrogen-bond donors (Lipinski definition) is 1. The highest BCUT2D eigenvalue weighted by Gasteiger charge is 2.15. The van der Waals surface area contributed by atoms with E-state index in [0.29, 0.717) is 12.1 Å².